The molecule has 0 fully saturated rings. The SMILES string of the molecule is COC(=O)c1c(NC(=O)c2cc(Cn3nc(C)c(Cl)c3C)cs2)sc(C)c1C. The van der Waals surface area contributed by atoms with Gasteiger partial charge in [-0.05, 0) is 50.3 Å². The molecule has 0 aromatic carbocycles. The van der Waals surface area contributed by atoms with E-state index in [-0.39, 0.29) is 5.91 Å². The number of nitrogens with zero attached hydrogens (tertiary/aromatic N) is 2. The highest BCUT2D eigenvalue weighted by atomic mass is 35.5. The van der Waals surface area contributed by atoms with Gasteiger partial charge in [0.15, 0.2) is 0 Å². The maximum absolute atomic E-state index is 12.7. The van der Waals surface area contributed by atoms with Crippen LogP contribution >= 0.6 is 34.3 Å². The summed E-state index contributed by atoms with van der Waals surface area (Å²) < 4.78 is 6.67. The molecule has 0 aliphatic carbocycles. The Morgan fingerprint density at radius 3 is 2.61 bits per heavy atom. The fraction of sp³-hybridized carbons (Fsp3) is 0.316. The van der Waals surface area contributed by atoms with E-state index in [0.717, 1.165) is 27.4 Å². The van der Waals surface area contributed by atoms with Crippen LogP contribution < -0.4 is 5.32 Å². The minimum Gasteiger partial charge on any atom is -0.465 e. The second-order valence-corrected chi connectivity index (χ2v) is 8.91. The summed E-state index contributed by atoms with van der Waals surface area (Å²) in [4.78, 5) is 26.3. The average molecular weight is 438 g/mol. The maximum Gasteiger partial charge on any atom is 0.341 e. The van der Waals surface area contributed by atoms with E-state index in [4.69, 9.17) is 16.3 Å². The number of aromatic nitrogens is 2. The summed E-state index contributed by atoms with van der Waals surface area (Å²) in [7, 11) is 1.33. The van der Waals surface area contributed by atoms with Gasteiger partial charge in [0.05, 0.1) is 40.5 Å². The number of amides is 1. The number of carbonyl (C=O) groups excluding carboxylic acids is 2. The molecule has 148 valence electrons. The molecule has 0 aliphatic rings. The summed E-state index contributed by atoms with van der Waals surface area (Å²) in [5.74, 6) is -0.709. The summed E-state index contributed by atoms with van der Waals surface area (Å²) in [5.41, 5.74) is 3.87. The van der Waals surface area contributed by atoms with Gasteiger partial charge >= 0.3 is 5.97 Å². The first-order valence-electron chi connectivity index (χ1n) is 8.49. The zero-order chi connectivity index (χ0) is 20.6. The summed E-state index contributed by atoms with van der Waals surface area (Å²) in [5, 5.41) is 10.4. The zero-order valence-corrected chi connectivity index (χ0v) is 18.6. The maximum atomic E-state index is 12.7. The lowest BCUT2D eigenvalue weighted by atomic mass is 10.1. The van der Waals surface area contributed by atoms with Crippen molar-refractivity contribution in [1.82, 2.24) is 9.78 Å². The number of carbonyl (C=O) groups is 2. The van der Waals surface area contributed by atoms with Crippen LogP contribution in [0.4, 0.5) is 5.00 Å². The molecule has 0 unspecified atom stereocenters. The molecule has 0 spiro atoms. The number of halogens is 1. The normalized spacial score (nSPS) is 10.9. The van der Waals surface area contributed by atoms with Gasteiger partial charge in [0.1, 0.15) is 5.00 Å². The molecule has 0 bridgehead atoms. The molecule has 28 heavy (non-hydrogen) atoms. The van der Waals surface area contributed by atoms with E-state index in [1.165, 1.54) is 29.8 Å². The van der Waals surface area contributed by atoms with Gasteiger partial charge < -0.3 is 10.1 Å². The molecule has 6 nitrogen and oxygen atoms in total. The van der Waals surface area contributed by atoms with E-state index >= 15 is 0 Å². The van der Waals surface area contributed by atoms with Crippen molar-refractivity contribution in [2.24, 2.45) is 0 Å². The monoisotopic (exact) mass is 437 g/mol. The standard InChI is InChI=1S/C19H20ClN3O3S2/c1-9-12(4)28-18(15(9)19(25)26-5)21-17(24)14-6-13(8-27-14)7-23-11(3)16(20)10(2)22-23/h6,8H,7H2,1-5H3,(H,21,24). The van der Waals surface area contributed by atoms with Gasteiger partial charge in [-0.15, -0.1) is 22.7 Å². The molecule has 0 atom stereocenters. The summed E-state index contributed by atoms with van der Waals surface area (Å²) in [6, 6.07) is 1.83. The quantitative estimate of drug-likeness (QED) is 0.571. The second kappa shape index (κ2) is 8.06. The molecular weight excluding hydrogens is 418 g/mol. The average Bonchev–Trinajstić information content (AvgIpc) is 3.30. The number of thiophene rings is 2. The van der Waals surface area contributed by atoms with Gasteiger partial charge in [-0.1, -0.05) is 11.6 Å². The van der Waals surface area contributed by atoms with Crippen molar-refractivity contribution in [3.05, 3.63) is 54.3 Å². The van der Waals surface area contributed by atoms with E-state index in [9.17, 15) is 9.59 Å². The Balaban J connectivity index is 1.79. The highest BCUT2D eigenvalue weighted by molar-refractivity contribution is 7.17. The fourth-order valence-electron chi connectivity index (χ4n) is 2.81. The van der Waals surface area contributed by atoms with Crippen molar-refractivity contribution < 1.29 is 14.3 Å². The van der Waals surface area contributed by atoms with Crippen molar-refractivity contribution in [3.63, 3.8) is 0 Å². The summed E-state index contributed by atoms with van der Waals surface area (Å²) in [6.07, 6.45) is 0. The van der Waals surface area contributed by atoms with Crippen molar-refractivity contribution in [1.29, 1.82) is 0 Å². The number of hydrogen-bond donors (Lipinski definition) is 1. The first kappa shape index (κ1) is 20.6. The van der Waals surface area contributed by atoms with Crippen LogP contribution in [0.2, 0.25) is 5.02 Å². The third-order valence-corrected chi connectivity index (χ3v) is 7.15. The number of ether oxygens (including phenoxy) is 1. The third-order valence-electron chi connectivity index (χ3n) is 4.50. The number of nitrogens with one attached hydrogen (secondary N) is 1. The van der Waals surface area contributed by atoms with E-state index in [2.05, 4.69) is 10.4 Å². The van der Waals surface area contributed by atoms with Gasteiger partial charge in [0.2, 0.25) is 0 Å². The van der Waals surface area contributed by atoms with Crippen LogP contribution in [0.5, 0.6) is 0 Å². The molecule has 0 saturated carbocycles. The van der Waals surface area contributed by atoms with Gasteiger partial charge in [-0.2, -0.15) is 5.10 Å². The highest BCUT2D eigenvalue weighted by Gasteiger charge is 2.22. The van der Waals surface area contributed by atoms with Crippen molar-refractivity contribution in [2.75, 3.05) is 12.4 Å². The van der Waals surface area contributed by atoms with Crippen molar-refractivity contribution in [2.45, 2.75) is 34.2 Å². The minimum atomic E-state index is -0.453. The Morgan fingerprint density at radius 1 is 1.29 bits per heavy atom. The number of methoxy groups -OCH3 is 1. The molecule has 0 saturated heterocycles. The lowest BCUT2D eigenvalue weighted by Crippen LogP contribution is -2.13. The molecule has 0 radical (unpaired) electrons. The van der Waals surface area contributed by atoms with Gasteiger partial charge in [0, 0.05) is 4.88 Å². The zero-order valence-electron chi connectivity index (χ0n) is 16.2. The largest absolute Gasteiger partial charge is 0.465 e. The lowest BCUT2D eigenvalue weighted by Gasteiger charge is -2.05. The Bertz CT molecular complexity index is 1070. The molecule has 1 amide bonds. The van der Waals surface area contributed by atoms with Gasteiger partial charge in [0.25, 0.3) is 5.91 Å². The van der Waals surface area contributed by atoms with Crippen LogP contribution in [0.15, 0.2) is 11.4 Å². The van der Waals surface area contributed by atoms with Crippen LogP contribution in [0.1, 0.15) is 47.4 Å². The number of esters is 1. The van der Waals surface area contributed by atoms with Crippen LogP contribution in [0.3, 0.4) is 0 Å². The van der Waals surface area contributed by atoms with Crippen LogP contribution in [0, 0.1) is 27.7 Å². The summed E-state index contributed by atoms with van der Waals surface area (Å²) in [6.45, 7) is 8.07. The Hall–Kier alpha value is -2.16. The van der Waals surface area contributed by atoms with E-state index in [1.807, 2.05) is 43.8 Å². The first-order valence-corrected chi connectivity index (χ1v) is 10.6. The van der Waals surface area contributed by atoms with Crippen LogP contribution in [-0.4, -0.2) is 28.8 Å². The topological polar surface area (TPSA) is 73.2 Å². The van der Waals surface area contributed by atoms with E-state index < -0.39 is 5.97 Å². The fourth-order valence-corrected chi connectivity index (χ4v) is 4.78. The third kappa shape index (κ3) is 3.85. The predicted octanol–water partition coefficient (Wildman–Crippen LogP) is 4.98. The van der Waals surface area contributed by atoms with Crippen molar-refractivity contribution in [3.8, 4) is 0 Å². The molecule has 3 heterocycles. The predicted molar refractivity (Wildman–Crippen MR) is 113 cm³/mol. The minimum absolute atomic E-state index is 0.256. The Morgan fingerprint density at radius 2 is 2.00 bits per heavy atom. The Labute approximate surface area is 176 Å². The Kier molecular flexibility index (Phi) is 5.92. The molecule has 0 aliphatic heterocycles. The first-order chi connectivity index (χ1) is 13.2. The van der Waals surface area contributed by atoms with Gasteiger partial charge in [-0.3, -0.25) is 9.48 Å². The second-order valence-electron chi connectivity index (χ2n) is 6.39. The lowest BCUT2D eigenvalue weighted by molar-refractivity contribution is 0.0601. The molecular formula is C19H20ClN3O3S2. The highest BCUT2D eigenvalue weighted by Crippen LogP contribution is 2.33. The van der Waals surface area contributed by atoms with Gasteiger partial charge in [-0.25, -0.2) is 4.79 Å². The molecule has 9 heteroatoms. The van der Waals surface area contributed by atoms with Crippen LogP contribution in [-0.2, 0) is 11.3 Å². The van der Waals surface area contributed by atoms with Crippen LogP contribution in [0.25, 0.3) is 0 Å². The number of rotatable bonds is 5. The van der Waals surface area contributed by atoms with E-state index in [1.54, 1.807) is 0 Å². The molecule has 3 aromatic heterocycles. The van der Waals surface area contributed by atoms with E-state index in [0.29, 0.717) is 27.0 Å². The number of hydrogen-bond acceptors (Lipinski definition) is 6. The summed E-state index contributed by atoms with van der Waals surface area (Å²) >= 11 is 8.91. The molecule has 3 aromatic rings. The van der Waals surface area contributed by atoms with Crippen molar-refractivity contribution >= 4 is 51.2 Å². The molecule has 1 N–H and O–H groups in total. The smallest absolute Gasteiger partial charge is 0.341 e. The number of anilines is 1. The molecule has 3 rings (SSSR count). The number of aryl methyl sites for hydroxylation is 2.